The van der Waals surface area contributed by atoms with Gasteiger partial charge in [0.25, 0.3) is 0 Å². The van der Waals surface area contributed by atoms with E-state index in [2.05, 4.69) is 0 Å². The van der Waals surface area contributed by atoms with E-state index in [4.69, 9.17) is 37.9 Å². The van der Waals surface area contributed by atoms with E-state index in [1.807, 2.05) is 42.0 Å². The number of carbonyl (C=O) groups excluding carboxylic acids is 1. The maximum atomic E-state index is 12.0. The first-order chi connectivity index (χ1) is 14.0. The number of thiophene rings is 1. The van der Waals surface area contributed by atoms with Gasteiger partial charge in [0.05, 0.1) is 27.1 Å². The summed E-state index contributed by atoms with van der Waals surface area (Å²) in [5.74, 6) is -0.350. The number of halogens is 2. The van der Waals surface area contributed by atoms with Crippen LogP contribution in [0, 0.1) is 0 Å². The number of benzene rings is 1. The Morgan fingerprint density at radius 2 is 2.14 bits per heavy atom. The van der Waals surface area contributed by atoms with Crippen LogP contribution in [-0.2, 0) is 10.3 Å². The molecule has 2 aromatic heterocycles. The lowest BCUT2D eigenvalue weighted by molar-refractivity contribution is 0.0606. The van der Waals surface area contributed by atoms with Crippen LogP contribution < -0.4 is 0 Å². The number of methoxy groups -OCH3 is 1. The smallest absolute Gasteiger partial charge is 0.348 e. The molecular weight excluding hydrogens is 467 g/mol. The van der Waals surface area contributed by atoms with Crippen LogP contribution in [0.2, 0.25) is 10.0 Å². The Bertz CT molecular complexity index is 1140. The molecule has 1 aromatic carbocycles. The van der Waals surface area contributed by atoms with E-state index in [9.17, 15) is 4.79 Å². The van der Waals surface area contributed by atoms with Gasteiger partial charge in [-0.2, -0.15) is 0 Å². The van der Waals surface area contributed by atoms with Crippen molar-refractivity contribution in [2.45, 2.75) is 9.75 Å². The summed E-state index contributed by atoms with van der Waals surface area (Å²) < 4.78 is 5.86. The van der Waals surface area contributed by atoms with Crippen LogP contribution in [0.4, 0.5) is 0 Å². The van der Waals surface area contributed by atoms with Crippen LogP contribution in [0.3, 0.4) is 0 Å². The number of aliphatic imine (C=N–C) groups is 1. The molecule has 0 radical (unpaired) electrons. The third-order valence-corrected chi connectivity index (χ3v) is 8.48. The van der Waals surface area contributed by atoms with Gasteiger partial charge in [0, 0.05) is 22.7 Å². The van der Waals surface area contributed by atoms with Gasteiger partial charge in [-0.15, -0.1) is 34.4 Å². The van der Waals surface area contributed by atoms with Crippen LogP contribution in [-0.4, -0.2) is 30.5 Å². The number of thioether (sulfide) groups is 1. The van der Waals surface area contributed by atoms with Crippen molar-refractivity contribution in [1.82, 2.24) is 4.98 Å². The molecule has 0 fully saturated rings. The highest BCUT2D eigenvalue weighted by atomic mass is 35.5. The molecule has 9 heteroatoms. The zero-order chi connectivity index (χ0) is 20.6. The minimum atomic E-state index is -0.814. The van der Waals surface area contributed by atoms with Crippen molar-refractivity contribution in [2.75, 3.05) is 13.4 Å². The van der Waals surface area contributed by atoms with E-state index in [1.165, 1.54) is 29.8 Å². The molecule has 0 N–H and O–H groups in total. The third-order valence-electron chi connectivity index (χ3n) is 4.44. The molecule has 1 aliphatic heterocycles. The van der Waals surface area contributed by atoms with Crippen LogP contribution in [0.25, 0.3) is 11.3 Å². The van der Waals surface area contributed by atoms with Crippen molar-refractivity contribution in [1.29, 1.82) is 0 Å². The molecule has 0 amide bonds. The van der Waals surface area contributed by atoms with Crippen LogP contribution in [0.15, 0.2) is 51.0 Å². The lowest BCUT2D eigenvalue weighted by Crippen LogP contribution is -2.21. The Morgan fingerprint density at radius 1 is 1.31 bits per heavy atom. The van der Waals surface area contributed by atoms with Gasteiger partial charge < -0.3 is 4.74 Å². The summed E-state index contributed by atoms with van der Waals surface area (Å²) in [6, 6.07) is 7.35. The molecule has 3 heterocycles. The number of thiazole rings is 1. The molecule has 3 aromatic rings. The van der Waals surface area contributed by atoms with Gasteiger partial charge in [0.1, 0.15) is 9.88 Å². The van der Waals surface area contributed by atoms with E-state index >= 15 is 0 Å². The molecule has 4 rings (SSSR count). The highest BCUT2D eigenvalue weighted by molar-refractivity contribution is 8.00. The second kappa shape index (κ2) is 8.24. The van der Waals surface area contributed by atoms with Crippen LogP contribution >= 0.6 is 57.6 Å². The Hall–Kier alpha value is -1.64. The van der Waals surface area contributed by atoms with E-state index in [0.29, 0.717) is 14.9 Å². The first-order valence-electron chi connectivity index (χ1n) is 8.40. The molecule has 0 bridgehead atoms. The average Bonchev–Trinajstić information content (AvgIpc) is 3.47. The summed E-state index contributed by atoms with van der Waals surface area (Å²) in [6.45, 7) is 0. The predicted molar refractivity (Wildman–Crippen MR) is 123 cm³/mol. The summed E-state index contributed by atoms with van der Waals surface area (Å²) in [4.78, 5) is 22.1. The molecule has 1 atom stereocenters. The molecule has 148 valence electrons. The van der Waals surface area contributed by atoms with Crippen molar-refractivity contribution in [3.05, 3.63) is 67.3 Å². The highest BCUT2D eigenvalue weighted by Gasteiger charge is 2.38. The Kier molecular flexibility index (Phi) is 5.86. The SMILES string of the molecule is COC(=O)c1cc(-c2csc(C3(c4cccc(Cl)c4Cl)C=CC=N3)n2)c(SC)s1. The third kappa shape index (κ3) is 3.55. The fourth-order valence-corrected chi connectivity index (χ4v) is 6.27. The van der Waals surface area contributed by atoms with E-state index in [1.54, 1.807) is 24.0 Å². The molecule has 0 saturated heterocycles. The largest absolute Gasteiger partial charge is 0.465 e. The first-order valence-corrected chi connectivity index (χ1v) is 12.1. The second-order valence-corrected chi connectivity index (χ2v) is 9.82. The number of allylic oxidation sites excluding steroid dienone is 1. The number of carbonyl (C=O) groups is 1. The maximum absolute atomic E-state index is 12.0. The molecule has 1 unspecified atom stereocenters. The molecule has 0 spiro atoms. The summed E-state index contributed by atoms with van der Waals surface area (Å²) in [6.07, 6.45) is 7.56. The molecule has 1 aliphatic rings. The minimum absolute atomic E-state index is 0.350. The van der Waals surface area contributed by atoms with Crippen LogP contribution in [0.1, 0.15) is 20.2 Å². The van der Waals surface area contributed by atoms with Crippen molar-refractivity contribution in [2.24, 2.45) is 4.99 Å². The summed E-state index contributed by atoms with van der Waals surface area (Å²) >= 11 is 17.2. The minimum Gasteiger partial charge on any atom is -0.465 e. The molecule has 0 saturated carbocycles. The van der Waals surface area contributed by atoms with Crippen molar-refractivity contribution in [3.8, 4) is 11.3 Å². The topological polar surface area (TPSA) is 51.5 Å². The van der Waals surface area contributed by atoms with Crippen molar-refractivity contribution < 1.29 is 9.53 Å². The van der Waals surface area contributed by atoms with Gasteiger partial charge in [-0.1, -0.05) is 35.3 Å². The molecule has 0 aliphatic carbocycles. The number of aromatic nitrogens is 1. The Balaban J connectivity index is 1.82. The zero-order valence-electron chi connectivity index (χ0n) is 15.3. The summed E-state index contributed by atoms with van der Waals surface area (Å²) in [7, 11) is 1.38. The number of hydrogen-bond acceptors (Lipinski definition) is 7. The Labute approximate surface area is 190 Å². The van der Waals surface area contributed by atoms with E-state index in [-0.39, 0.29) is 5.97 Å². The van der Waals surface area contributed by atoms with Gasteiger partial charge in [-0.3, -0.25) is 4.99 Å². The van der Waals surface area contributed by atoms with E-state index in [0.717, 1.165) is 26.0 Å². The van der Waals surface area contributed by atoms with Gasteiger partial charge in [-0.05, 0) is 30.5 Å². The number of nitrogens with zero attached hydrogens (tertiary/aromatic N) is 2. The molecular formula is C20H14Cl2N2O2S3. The van der Waals surface area contributed by atoms with Crippen molar-refractivity contribution >= 4 is 69.8 Å². The number of ether oxygens (including phenoxy) is 1. The lowest BCUT2D eigenvalue weighted by atomic mass is 9.91. The lowest BCUT2D eigenvalue weighted by Gasteiger charge is -2.24. The van der Waals surface area contributed by atoms with Gasteiger partial charge in [0.2, 0.25) is 0 Å². The normalized spacial score (nSPS) is 17.8. The second-order valence-electron chi connectivity index (χ2n) is 6.05. The monoisotopic (exact) mass is 480 g/mol. The van der Waals surface area contributed by atoms with Gasteiger partial charge in [-0.25, -0.2) is 9.78 Å². The first kappa shape index (κ1) is 20.6. The fraction of sp³-hybridized carbons (Fsp3) is 0.150. The Morgan fingerprint density at radius 3 is 2.83 bits per heavy atom. The van der Waals surface area contributed by atoms with E-state index < -0.39 is 5.54 Å². The van der Waals surface area contributed by atoms with Crippen molar-refractivity contribution in [3.63, 3.8) is 0 Å². The molecule has 29 heavy (non-hydrogen) atoms. The number of esters is 1. The standard InChI is InChI=1S/C20H14Cl2N2O2S3/c1-26-17(25)15-9-11(18(27-2)29-15)14-10-28-19(24-14)20(7-4-8-23-20)12-5-3-6-13(21)16(12)22/h3-10H,1-2H3. The zero-order valence-corrected chi connectivity index (χ0v) is 19.3. The average molecular weight is 481 g/mol. The number of rotatable bonds is 5. The summed E-state index contributed by atoms with van der Waals surface area (Å²) in [5, 5.41) is 3.68. The molecule has 4 nitrogen and oxygen atoms in total. The highest BCUT2D eigenvalue weighted by Crippen LogP contribution is 2.46. The summed E-state index contributed by atoms with van der Waals surface area (Å²) in [5.41, 5.74) is 1.66. The fourth-order valence-electron chi connectivity index (χ4n) is 3.06. The maximum Gasteiger partial charge on any atom is 0.348 e. The van der Waals surface area contributed by atoms with Crippen LogP contribution in [0.5, 0.6) is 0 Å². The van der Waals surface area contributed by atoms with Gasteiger partial charge in [0.15, 0.2) is 5.54 Å². The number of hydrogen-bond donors (Lipinski definition) is 0. The quantitative estimate of drug-likeness (QED) is 0.306. The van der Waals surface area contributed by atoms with Gasteiger partial charge >= 0.3 is 5.97 Å². The predicted octanol–water partition coefficient (Wildman–Crippen LogP) is 6.57.